The van der Waals surface area contributed by atoms with E-state index in [0.29, 0.717) is 0 Å². The molecule has 8 heteroatoms. The number of rotatable bonds is 9. The average Bonchev–Trinajstić information content (AvgIpc) is 3.59. The molecule has 0 saturated carbocycles. The molecule has 1 unspecified atom stereocenters. The number of ether oxygens (including phenoxy) is 1. The third-order valence-corrected chi connectivity index (χ3v) is 6.41. The maximum atomic E-state index is 13.4. The SMILES string of the molecule is COc1ccc(C2=CC(c3cn(-c4ccccc4)nc3-c3ccccc3)N(C(=O)CCCC(=O)[O-])N2)cc1. The van der Waals surface area contributed by atoms with Crippen molar-refractivity contribution in [1.29, 1.82) is 0 Å². The summed E-state index contributed by atoms with van der Waals surface area (Å²) in [5.41, 5.74) is 8.32. The fourth-order valence-corrected chi connectivity index (χ4v) is 4.49. The molecule has 0 fully saturated rings. The first-order chi connectivity index (χ1) is 18.5. The predicted molar refractivity (Wildman–Crippen MR) is 142 cm³/mol. The van der Waals surface area contributed by atoms with Crippen LogP contribution in [0.4, 0.5) is 0 Å². The van der Waals surface area contributed by atoms with E-state index in [4.69, 9.17) is 9.84 Å². The molecule has 0 saturated heterocycles. The molecular formula is C30H27N4O4-. The minimum atomic E-state index is -1.17. The summed E-state index contributed by atoms with van der Waals surface area (Å²) in [6.07, 6.45) is 4.02. The standard InChI is InChI=1S/C30H28N4O4/c1-38-24-17-15-21(16-18-24)26-19-27(34(31-26)28(35)13-8-14-29(36)37)25-20-33(23-11-6-3-7-12-23)32-30(25)22-9-4-2-5-10-22/h2-7,9-12,15-20,27,31H,8,13-14H2,1H3,(H,36,37)/p-1. The molecule has 1 aliphatic rings. The molecular weight excluding hydrogens is 480 g/mol. The normalized spacial score (nSPS) is 14.6. The number of carboxylic acid groups (broad SMARTS) is 1. The Kier molecular flexibility index (Phi) is 7.21. The van der Waals surface area contributed by atoms with E-state index < -0.39 is 12.0 Å². The molecule has 1 amide bonds. The highest BCUT2D eigenvalue weighted by Gasteiger charge is 2.33. The minimum Gasteiger partial charge on any atom is -0.550 e. The van der Waals surface area contributed by atoms with Crippen LogP contribution in [0.2, 0.25) is 0 Å². The van der Waals surface area contributed by atoms with Gasteiger partial charge < -0.3 is 14.6 Å². The van der Waals surface area contributed by atoms with E-state index in [2.05, 4.69) is 5.43 Å². The number of methoxy groups -OCH3 is 1. The number of para-hydroxylation sites is 1. The molecule has 1 N–H and O–H groups in total. The van der Waals surface area contributed by atoms with Crippen molar-refractivity contribution in [2.45, 2.75) is 25.3 Å². The topological polar surface area (TPSA) is 99.5 Å². The van der Waals surface area contributed by atoms with Crippen molar-refractivity contribution in [3.05, 3.63) is 108 Å². The molecule has 1 aliphatic heterocycles. The maximum Gasteiger partial charge on any atom is 0.241 e. The van der Waals surface area contributed by atoms with E-state index in [1.807, 2.05) is 102 Å². The number of nitrogens with zero attached hydrogens (tertiary/aromatic N) is 3. The molecule has 1 atom stereocenters. The highest BCUT2D eigenvalue weighted by atomic mass is 16.5. The fourth-order valence-electron chi connectivity index (χ4n) is 4.49. The lowest BCUT2D eigenvalue weighted by molar-refractivity contribution is -0.305. The van der Waals surface area contributed by atoms with Gasteiger partial charge in [-0.05, 0) is 60.9 Å². The monoisotopic (exact) mass is 507 g/mol. The van der Waals surface area contributed by atoms with Crippen molar-refractivity contribution in [1.82, 2.24) is 20.2 Å². The van der Waals surface area contributed by atoms with E-state index in [1.54, 1.807) is 12.1 Å². The highest BCUT2D eigenvalue weighted by molar-refractivity contribution is 5.82. The van der Waals surface area contributed by atoms with Gasteiger partial charge in [0.05, 0.1) is 24.2 Å². The number of hydrogen-bond acceptors (Lipinski definition) is 6. The Morgan fingerprint density at radius 3 is 2.26 bits per heavy atom. The fraction of sp³-hybridized carbons (Fsp3) is 0.167. The number of hydrogen-bond donors (Lipinski definition) is 1. The molecule has 2 heterocycles. The number of hydrazine groups is 1. The molecule has 4 aromatic rings. The summed E-state index contributed by atoms with van der Waals surface area (Å²) in [6, 6.07) is 26.7. The van der Waals surface area contributed by atoms with Crippen molar-refractivity contribution >= 4 is 17.6 Å². The highest BCUT2D eigenvalue weighted by Crippen LogP contribution is 2.37. The molecule has 5 rings (SSSR count). The van der Waals surface area contributed by atoms with Gasteiger partial charge in [0.15, 0.2) is 0 Å². The van der Waals surface area contributed by atoms with Crippen molar-refractivity contribution in [3.63, 3.8) is 0 Å². The number of carbonyl (C=O) groups is 2. The van der Waals surface area contributed by atoms with Crippen LogP contribution in [0.3, 0.4) is 0 Å². The zero-order valence-electron chi connectivity index (χ0n) is 20.9. The van der Waals surface area contributed by atoms with Crippen molar-refractivity contribution in [2.24, 2.45) is 0 Å². The average molecular weight is 508 g/mol. The molecule has 192 valence electrons. The van der Waals surface area contributed by atoms with Crippen LogP contribution in [0.1, 0.15) is 36.4 Å². The zero-order chi connectivity index (χ0) is 26.5. The van der Waals surface area contributed by atoms with E-state index in [-0.39, 0.29) is 25.2 Å². The summed E-state index contributed by atoms with van der Waals surface area (Å²) in [4.78, 5) is 24.3. The Hall–Kier alpha value is -4.85. The quantitative estimate of drug-likeness (QED) is 0.369. The number of amides is 1. The first-order valence-electron chi connectivity index (χ1n) is 12.4. The van der Waals surface area contributed by atoms with E-state index in [1.165, 1.54) is 0 Å². The summed E-state index contributed by atoms with van der Waals surface area (Å²) in [7, 11) is 1.61. The lowest BCUT2D eigenvalue weighted by Crippen LogP contribution is -2.39. The molecule has 0 aliphatic carbocycles. The van der Waals surface area contributed by atoms with Gasteiger partial charge in [-0.25, -0.2) is 9.69 Å². The van der Waals surface area contributed by atoms with Crippen molar-refractivity contribution in [2.75, 3.05) is 7.11 Å². The first kappa shape index (κ1) is 24.8. The lowest BCUT2D eigenvalue weighted by Gasteiger charge is -2.25. The Bertz CT molecular complexity index is 1450. The third kappa shape index (κ3) is 5.29. The van der Waals surface area contributed by atoms with Gasteiger partial charge in [-0.2, -0.15) is 5.10 Å². The Labute approximate surface area is 220 Å². The van der Waals surface area contributed by atoms with Crippen LogP contribution in [0.25, 0.3) is 22.6 Å². The number of benzene rings is 3. The van der Waals surface area contributed by atoms with Crippen molar-refractivity contribution in [3.8, 4) is 22.7 Å². The summed E-state index contributed by atoms with van der Waals surface area (Å²) < 4.78 is 7.10. The first-order valence-corrected chi connectivity index (χ1v) is 12.4. The van der Waals surface area contributed by atoms with Crippen LogP contribution < -0.4 is 15.3 Å². The van der Waals surface area contributed by atoms with Gasteiger partial charge in [0.2, 0.25) is 5.91 Å². The van der Waals surface area contributed by atoms with Gasteiger partial charge >= 0.3 is 0 Å². The predicted octanol–water partition coefficient (Wildman–Crippen LogP) is 3.90. The van der Waals surface area contributed by atoms with Crippen molar-refractivity contribution < 1.29 is 19.4 Å². The van der Waals surface area contributed by atoms with Crippen LogP contribution in [-0.2, 0) is 9.59 Å². The second kappa shape index (κ2) is 11.0. The van der Waals surface area contributed by atoms with Gasteiger partial charge in [-0.15, -0.1) is 0 Å². The number of aliphatic carboxylic acids is 1. The van der Waals surface area contributed by atoms with Crippen LogP contribution >= 0.6 is 0 Å². The Morgan fingerprint density at radius 2 is 1.61 bits per heavy atom. The second-order valence-electron chi connectivity index (χ2n) is 8.93. The zero-order valence-corrected chi connectivity index (χ0v) is 20.9. The number of nitrogens with one attached hydrogen (secondary N) is 1. The molecule has 3 aromatic carbocycles. The summed E-state index contributed by atoms with van der Waals surface area (Å²) in [5.74, 6) is -0.659. The minimum absolute atomic E-state index is 0.0642. The summed E-state index contributed by atoms with van der Waals surface area (Å²) in [5, 5.41) is 17.4. The molecule has 1 aromatic heterocycles. The van der Waals surface area contributed by atoms with E-state index in [9.17, 15) is 14.7 Å². The molecule has 0 bridgehead atoms. The maximum absolute atomic E-state index is 13.4. The van der Waals surface area contributed by atoms with Crippen LogP contribution in [-0.4, -0.2) is 33.8 Å². The number of aromatic nitrogens is 2. The Morgan fingerprint density at radius 1 is 0.921 bits per heavy atom. The summed E-state index contributed by atoms with van der Waals surface area (Å²) in [6.45, 7) is 0. The van der Waals surface area contributed by atoms with Crippen LogP contribution in [0.15, 0.2) is 97.2 Å². The van der Waals surface area contributed by atoms with Crippen LogP contribution in [0.5, 0.6) is 5.75 Å². The van der Waals surface area contributed by atoms with Gasteiger partial charge in [0, 0.05) is 29.7 Å². The Balaban J connectivity index is 1.58. The number of carboxylic acids is 1. The van der Waals surface area contributed by atoms with Gasteiger partial charge in [-0.3, -0.25) is 10.2 Å². The number of carbonyl (C=O) groups excluding carboxylic acids is 2. The van der Waals surface area contributed by atoms with E-state index >= 15 is 0 Å². The largest absolute Gasteiger partial charge is 0.550 e. The second-order valence-corrected chi connectivity index (χ2v) is 8.93. The smallest absolute Gasteiger partial charge is 0.241 e. The van der Waals surface area contributed by atoms with E-state index in [0.717, 1.165) is 39.5 Å². The van der Waals surface area contributed by atoms with Crippen LogP contribution in [0, 0.1) is 0 Å². The molecule has 38 heavy (non-hydrogen) atoms. The summed E-state index contributed by atoms with van der Waals surface area (Å²) >= 11 is 0. The van der Waals surface area contributed by atoms with Gasteiger partial charge in [-0.1, -0.05) is 48.5 Å². The lowest BCUT2D eigenvalue weighted by atomic mass is 10.0. The molecule has 0 spiro atoms. The molecule has 0 radical (unpaired) electrons. The van der Waals surface area contributed by atoms with Gasteiger partial charge in [0.25, 0.3) is 0 Å². The molecule has 8 nitrogen and oxygen atoms in total. The third-order valence-electron chi connectivity index (χ3n) is 6.41. The van der Waals surface area contributed by atoms with Gasteiger partial charge in [0.1, 0.15) is 11.8 Å².